The minimum Gasteiger partial charge on any atom is -0.309 e. The van der Waals surface area contributed by atoms with Crippen LogP contribution in [0.5, 0.6) is 0 Å². The molecule has 5 heteroatoms. The molecule has 0 unspecified atom stereocenters. The van der Waals surface area contributed by atoms with Crippen LogP contribution in [0.2, 0.25) is 0 Å². The third-order valence-corrected chi connectivity index (χ3v) is 9.97. The van der Waals surface area contributed by atoms with Crippen molar-refractivity contribution in [1.82, 2.24) is 19.5 Å². The number of hydrogen-bond acceptors (Lipinski definition) is 4. The van der Waals surface area contributed by atoms with Crippen LogP contribution >= 0.6 is 0 Å². The second-order valence-electron chi connectivity index (χ2n) is 13.3. The molecular weight excluding hydrogens is 647 g/mol. The molecule has 0 radical (unpaired) electrons. The molecule has 2 heterocycles. The Morgan fingerprint density at radius 2 is 0.943 bits per heavy atom. The first kappa shape index (κ1) is 31.8. The molecule has 0 aliphatic rings. The van der Waals surface area contributed by atoms with E-state index in [9.17, 15) is 5.26 Å². The SMILES string of the molecule is Cc1cc(-c2nc(-c3ccccc3)nc(-c3ccc(-c4ccc(C#N)cc4)cc3)n2)c(C)cc1-c1ccc2c(c1)c1ccccc1n2-c1ccccc1. The van der Waals surface area contributed by atoms with Crippen LogP contribution < -0.4 is 0 Å². The largest absolute Gasteiger partial charge is 0.309 e. The van der Waals surface area contributed by atoms with Crippen LogP contribution in [0.15, 0.2) is 164 Å². The van der Waals surface area contributed by atoms with E-state index in [0.717, 1.165) is 44.6 Å². The number of rotatable bonds is 6. The Hall–Kier alpha value is -7.16. The first-order valence-corrected chi connectivity index (χ1v) is 17.7. The van der Waals surface area contributed by atoms with Gasteiger partial charge in [0.2, 0.25) is 0 Å². The summed E-state index contributed by atoms with van der Waals surface area (Å²) in [5.41, 5.74) is 13.7. The summed E-state index contributed by atoms with van der Waals surface area (Å²) in [7, 11) is 0. The van der Waals surface area contributed by atoms with E-state index < -0.39 is 0 Å². The quantitative estimate of drug-likeness (QED) is 0.175. The summed E-state index contributed by atoms with van der Waals surface area (Å²) in [6.07, 6.45) is 0. The summed E-state index contributed by atoms with van der Waals surface area (Å²) in [6.45, 7) is 4.30. The van der Waals surface area contributed by atoms with Gasteiger partial charge in [-0.25, -0.2) is 15.0 Å². The van der Waals surface area contributed by atoms with Crippen LogP contribution in [-0.2, 0) is 0 Å². The lowest BCUT2D eigenvalue weighted by molar-refractivity contribution is 1.07. The lowest BCUT2D eigenvalue weighted by atomic mass is 9.93. The van der Waals surface area contributed by atoms with Gasteiger partial charge in [0.1, 0.15) is 0 Å². The highest BCUT2D eigenvalue weighted by atomic mass is 15.0. The summed E-state index contributed by atoms with van der Waals surface area (Å²) in [6, 6.07) is 58.6. The molecule has 0 spiro atoms. The average molecular weight is 680 g/mol. The zero-order valence-electron chi connectivity index (χ0n) is 29.3. The first-order chi connectivity index (χ1) is 26.0. The fourth-order valence-electron chi connectivity index (χ4n) is 7.25. The highest BCUT2D eigenvalue weighted by molar-refractivity contribution is 6.10. The number of hydrogen-bond donors (Lipinski definition) is 0. The van der Waals surface area contributed by atoms with Crippen LogP contribution in [0.1, 0.15) is 16.7 Å². The van der Waals surface area contributed by atoms with E-state index in [-0.39, 0.29) is 0 Å². The predicted molar refractivity (Wildman–Crippen MR) is 216 cm³/mol. The fourth-order valence-corrected chi connectivity index (χ4v) is 7.25. The monoisotopic (exact) mass is 679 g/mol. The van der Waals surface area contributed by atoms with Gasteiger partial charge in [0.15, 0.2) is 17.5 Å². The van der Waals surface area contributed by atoms with Crippen molar-refractivity contribution in [3.63, 3.8) is 0 Å². The highest BCUT2D eigenvalue weighted by Crippen LogP contribution is 2.37. The Kier molecular flexibility index (Phi) is 7.91. The third-order valence-electron chi connectivity index (χ3n) is 9.97. The van der Waals surface area contributed by atoms with Crippen molar-refractivity contribution in [1.29, 1.82) is 5.26 Å². The van der Waals surface area contributed by atoms with Gasteiger partial charge in [-0.3, -0.25) is 0 Å². The fraction of sp³-hybridized carbons (Fsp3) is 0.0417. The second kappa shape index (κ2) is 13.2. The molecule has 0 aliphatic carbocycles. The molecule has 0 saturated carbocycles. The van der Waals surface area contributed by atoms with Crippen molar-refractivity contribution in [3.8, 4) is 68.2 Å². The van der Waals surface area contributed by atoms with E-state index in [1.165, 1.54) is 32.9 Å². The van der Waals surface area contributed by atoms with Crippen molar-refractivity contribution >= 4 is 21.8 Å². The Bertz CT molecular complexity index is 2830. The van der Waals surface area contributed by atoms with Crippen molar-refractivity contribution in [2.24, 2.45) is 0 Å². The van der Waals surface area contributed by atoms with E-state index in [4.69, 9.17) is 15.0 Å². The minimum atomic E-state index is 0.613. The zero-order chi connectivity index (χ0) is 35.9. The van der Waals surface area contributed by atoms with Crippen molar-refractivity contribution < 1.29 is 0 Å². The topological polar surface area (TPSA) is 67.4 Å². The average Bonchev–Trinajstić information content (AvgIpc) is 3.56. The number of benzene rings is 7. The summed E-state index contributed by atoms with van der Waals surface area (Å²) < 4.78 is 2.35. The van der Waals surface area contributed by atoms with Crippen LogP contribution in [0.3, 0.4) is 0 Å². The van der Waals surface area contributed by atoms with Gasteiger partial charge in [0.05, 0.1) is 22.7 Å². The lowest BCUT2D eigenvalue weighted by Gasteiger charge is -2.14. The highest BCUT2D eigenvalue weighted by Gasteiger charge is 2.18. The van der Waals surface area contributed by atoms with Gasteiger partial charge in [0.25, 0.3) is 0 Å². The maximum Gasteiger partial charge on any atom is 0.164 e. The van der Waals surface area contributed by atoms with Gasteiger partial charge in [0, 0.05) is 33.2 Å². The normalized spacial score (nSPS) is 11.2. The van der Waals surface area contributed by atoms with Crippen molar-refractivity contribution in [2.75, 3.05) is 0 Å². The van der Waals surface area contributed by atoms with E-state index in [2.05, 4.69) is 122 Å². The molecule has 0 saturated heterocycles. The molecule has 0 fully saturated rings. The maximum absolute atomic E-state index is 9.20. The molecule has 0 bridgehead atoms. The molecule has 250 valence electrons. The molecule has 7 aromatic carbocycles. The molecule has 0 atom stereocenters. The summed E-state index contributed by atoms with van der Waals surface area (Å²) in [5, 5.41) is 11.7. The number of nitriles is 1. The van der Waals surface area contributed by atoms with Gasteiger partial charge in [-0.15, -0.1) is 0 Å². The standard InChI is InChI=1S/C48H33N5/c1-31-28-42(32(2)27-41(31)38-25-26-45-43(29-38)40-15-9-10-16-44(40)53(45)39-13-7-4-8-14-39)48-51-46(36-11-5-3-6-12-36)50-47(52-48)37-23-21-35(22-24-37)34-19-17-33(30-49)18-20-34/h3-29H,1-2H3. The van der Waals surface area contributed by atoms with Crippen molar-refractivity contribution in [3.05, 3.63) is 180 Å². The lowest BCUT2D eigenvalue weighted by Crippen LogP contribution is -2.02. The molecule has 9 aromatic rings. The molecule has 5 nitrogen and oxygen atoms in total. The van der Waals surface area contributed by atoms with E-state index in [1.807, 2.05) is 66.7 Å². The molecular formula is C48H33N5. The molecule has 9 rings (SSSR count). The Balaban J connectivity index is 1.13. The van der Waals surface area contributed by atoms with Gasteiger partial charge < -0.3 is 4.57 Å². The Morgan fingerprint density at radius 1 is 0.434 bits per heavy atom. The summed E-state index contributed by atoms with van der Waals surface area (Å²) in [4.78, 5) is 15.1. The van der Waals surface area contributed by atoms with Crippen LogP contribution in [0.4, 0.5) is 0 Å². The molecule has 53 heavy (non-hydrogen) atoms. The van der Waals surface area contributed by atoms with Gasteiger partial charge in [-0.2, -0.15) is 5.26 Å². The van der Waals surface area contributed by atoms with Gasteiger partial charge >= 0.3 is 0 Å². The predicted octanol–water partition coefficient (Wildman–Crippen LogP) is 11.8. The number of aryl methyl sites for hydroxylation is 2. The van der Waals surface area contributed by atoms with Crippen molar-refractivity contribution in [2.45, 2.75) is 13.8 Å². The van der Waals surface area contributed by atoms with Crippen LogP contribution in [0.25, 0.3) is 83.9 Å². The number of nitrogens with zero attached hydrogens (tertiary/aromatic N) is 5. The zero-order valence-corrected chi connectivity index (χ0v) is 29.3. The van der Waals surface area contributed by atoms with Gasteiger partial charge in [-0.05, 0) is 95.8 Å². The summed E-state index contributed by atoms with van der Waals surface area (Å²) >= 11 is 0. The maximum atomic E-state index is 9.20. The third kappa shape index (κ3) is 5.83. The van der Waals surface area contributed by atoms with E-state index >= 15 is 0 Å². The van der Waals surface area contributed by atoms with E-state index in [0.29, 0.717) is 23.0 Å². The summed E-state index contributed by atoms with van der Waals surface area (Å²) in [5.74, 6) is 1.88. The number of fused-ring (bicyclic) bond motifs is 3. The first-order valence-electron chi connectivity index (χ1n) is 17.7. The van der Waals surface area contributed by atoms with E-state index in [1.54, 1.807) is 0 Å². The van der Waals surface area contributed by atoms with Gasteiger partial charge in [-0.1, -0.05) is 115 Å². The number of para-hydroxylation sites is 2. The molecule has 0 amide bonds. The Morgan fingerprint density at radius 3 is 1.64 bits per heavy atom. The molecule has 2 aromatic heterocycles. The minimum absolute atomic E-state index is 0.613. The van der Waals surface area contributed by atoms with Crippen LogP contribution in [0, 0.1) is 25.2 Å². The Labute approximate surface area is 308 Å². The number of aromatic nitrogens is 4. The van der Waals surface area contributed by atoms with Crippen LogP contribution in [-0.4, -0.2) is 19.5 Å². The smallest absolute Gasteiger partial charge is 0.164 e. The second-order valence-corrected chi connectivity index (χ2v) is 13.3. The molecule has 0 N–H and O–H groups in total. The molecule has 0 aliphatic heterocycles.